The molecule has 2 heterocycles. The van der Waals surface area contributed by atoms with Gasteiger partial charge in [-0.2, -0.15) is 11.8 Å². The monoisotopic (exact) mass is 314 g/mol. The van der Waals surface area contributed by atoms with Gasteiger partial charge in [0.05, 0.1) is 0 Å². The van der Waals surface area contributed by atoms with Gasteiger partial charge in [-0.3, -0.25) is 9.59 Å². The molecule has 1 N–H and O–H groups in total. The molecule has 0 aromatic rings. The largest absolute Gasteiger partial charge is 0.381 e. The fourth-order valence-electron chi connectivity index (χ4n) is 2.84. The quantitative estimate of drug-likeness (QED) is 0.777. The minimum atomic E-state index is 0.0775. The first-order chi connectivity index (χ1) is 10.2. The van der Waals surface area contributed by atoms with Gasteiger partial charge in [0, 0.05) is 56.7 Å². The van der Waals surface area contributed by atoms with Gasteiger partial charge in [-0.1, -0.05) is 0 Å². The normalized spacial score (nSPS) is 21.3. The molecule has 0 aromatic carbocycles. The Kier molecular flexibility index (Phi) is 6.83. The van der Waals surface area contributed by atoms with E-state index in [1.807, 2.05) is 16.7 Å². The summed E-state index contributed by atoms with van der Waals surface area (Å²) in [6.07, 6.45) is 3.83. The molecule has 21 heavy (non-hydrogen) atoms. The maximum atomic E-state index is 12.1. The number of ether oxygens (including phenoxy) is 1. The van der Waals surface area contributed by atoms with E-state index in [4.69, 9.17) is 4.74 Å². The molecule has 6 heteroatoms. The van der Waals surface area contributed by atoms with Crippen LogP contribution in [0.15, 0.2) is 0 Å². The molecule has 5 nitrogen and oxygen atoms in total. The molecule has 2 aliphatic heterocycles. The van der Waals surface area contributed by atoms with E-state index in [1.165, 1.54) is 0 Å². The number of carbonyl (C=O) groups excluding carboxylic acids is 2. The molecule has 0 spiro atoms. The van der Waals surface area contributed by atoms with Crippen LogP contribution in [0.25, 0.3) is 0 Å². The standard InChI is InChI=1S/C15H26N2O3S/c1-12(18)17-7-2-13(3-8-17)15(19)16-6-11-21-14-4-9-20-10-5-14/h13-14H,2-11H2,1H3,(H,16,19). The highest BCUT2D eigenvalue weighted by molar-refractivity contribution is 7.99. The number of hydrogen-bond acceptors (Lipinski definition) is 4. The van der Waals surface area contributed by atoms with Gasteiger partial charge in [0.15, 0.2) is 0 Å². The summed E-state index contributed by atoms with van der Waals surface area (Å²) in [5.74, 6) is 1.32. The van der Waals surface area contributed by atoms with Crippen molar-refractivity contribution in [2.45, 2.75) is 37.9 Å². The van der Waals surface area contributed by atoms with Gasteiger partial charge >= 0.3 is 0 Å². The maximum Gasteiger partial charge on any atom is 0.223 e. The number of piperidine rings is 1. The van der Waals surface area contributed by atoms with Crippen LogP contribution in [0.2, 0.25) is 0 Å². The molecular formula is C15H26N2O3S. The van der Waals surface area contributed by atoms with E-state index in [9.17, 15) is 9.59 Å². The highest BCUT2D eigenvalue weighted by Crippen LogP contribution is 2.21. The maximum absolute atomic E-state index is 12.1. The number of nitrogens with one attached hydrogen (secondary N) is 1. The van der Waals surface area contributed by atoms with E-state index in [0.29, 0.717) is 18.3 Å². The Morgan fingerprint density at radius 3 is 2.48 bits per heavy atom. The smallest absolute Gasteiger partial charge is 0.223 e. The van der Waals surface area contributed by atoms with Crippen molar-refractivity contribution in [3.8, 4) is 0 Å². The lowest BCUT2D eigenvalue weighted by molar-refractivity contribution is -0.133. The molecule has 2 aliphatic rings. The summed E-state index contributed by atoms with van der Waals surface area (Å²) >= 11 is 1.94. The zero-order valence-electron chi connectivity index (χ0n) is 12.8. The Bertz CT molecular complexity index is 351. The van der Waals surface area contributed by atoms with Crippen LogP contribution in [0.1, 0.15) is 32.6 Å². The van der Waals surface area contributed by atoms with Gasteiger partial charge in [0.2, 0.25) is 11.8 Å². The molecular weight excluding hydrogens is 288 g/mol. The lowest BCUT2D eigenvalue weighted by atomic mass is 9.96. The zero-order valence-corrected chi connectivity index (χ0v) is 13.6. The summed E-state index contributed by atoms with van der Waals surface area (Å²) in [7, 11) is 0. The van der Waals surface area contributed by atoms with E-state index in [-0.39, 0.29) is 17.7 Å². The molecule has 120 valence electrons. The van der Waals surface area contributed by atoms with Gasteiger partial charge in [-0.05, 0) is 25.7 Å². The van der Waals surface area contributed by atoms with Crippen molar-refractivity contribution in [3.63, 3.8) is 0 Å². The highest BCUT2D eigenvalue weighted by Gasteiger charge is 2.25. The number of amides is 2. The molecule has 0 saturated carbocycles. The zero-order chi connectivity index (χ0) is 15.1. The van der Waals surface area contributed by atoms with Crippen molar-refractivity contribution < 1.29 is 14.3 Å². The summed E-state index contributed by atoms with van der Waals surface area (Å²) < 4.78 is 5.34. The SMILES string of the molecule is CC(=O)N1CCC(C(=O)NCCSC2CCOCC2)CC1. The Labute approximate surface area is 131 Å². The second kappa shape index (κ2) is 8.63. The summed E-state index contributed by atoms with van der Waals surface area (Å²) in [5.41, 5.74) is 0. The summed E-state index contributed by atoms with van der Waals surface area (Å²) in [6.45, 7) is 5.51. The van der Waals surface area contributed by atoms with Crippen LogP contribution >= 0.6 is 11.8 Å². The average Bonchev–Trinajstić information content (AvgIpc) is 2.52. The number of thioether (sulfide) groups is 1. The van der Waals surface area contributed by atoms with Crippen LogP contribution in [0, 0.1) is 5.92 Å². The minimum absolute atomic E-state index is 0.0775. The predicted octanol–water partition coefficient (Wildman–Crippen LogP) is 1.27. The minimum Gasteiger partial charge on any atom is -0.381 e. The average molecular weight is 314 g/mol. The molecule has 2 fully saturated rings. The Hall–Kier alpha value is -0.750. The highest BCUT2D eigenvalue weighted by atomic mass is 32.2. The van der Waals surface area contributed by atoms with Crippen molar-refractivity contribution in [2.24, 2.45) is 5.92 Å². The van der Waals surface area contributed by atoms with E-state index in [2.05, 4.69) is 5.32 Å². The second-order valence-corrected chi connectivity index (χ2v) is 7.16. The van der Waals surface area contributed by atoms with Crippen LogP contribution in [0.4, 0.5) is 0 Å². The van der Waals surface area contributed by atoms with Gasteiger partial charge in [-0.15, -0.1) is 0 Å². The Balaban J connectivity index is 1.56. The van der Waals surface area contributed by atoms with E-state index < -0.39 is 0 Å². The summed E-state index contributed by atoms with van der Waals surface area (Å²) in [4.78, 5) is 25.2. The van der Waals surface area contributed by atoms with Gasteiger partial charge in [0.1, 0.15) is 0 Å². The molecule has 2 rings (SSSR count). The number of hydrogen-bond donors (Lipinski definition) is 1. The van der Waals surface area contributed by atoms with Crippen molar-refractivity contribution in [1.29, 1.82) is 0 Å². The van der Waals surface area contributed by atoms with Gasteiger partial charge in [-0.25, -0.2) is 0 Å². The first kappa shape index (κ1) is 16.6. The van der Waals surface area contributed by atoms with Crippen molar-refractivity contribution in [1.82, 2.24) is 10.2 Å². The Morgan fingerprint density at radius 2 is 1.86 bits per heavy atom. The molecule has 2 amide bonds. The number of rotatable bonds is 5. The van der Waals surface area contributed by atoms with Crippen LogP contribution < -0.4 is 5.32 Å². The number of carbonyl (C=O) groups is 2. The molecule has 0 bridgehead atoms. The van der Waals surface area contributed by atoms with E-state index >= 15 is 0 Å². The molecule has 0 aliphatic carbocycles. The molecule has 0 aromatic heterocycles. The molecule has 0 unspecified atom stereocenters. The number of nitrogens with zero attached hydrogens (tertiary/aromatic N) is 1. The van der Waals surface area contributed by atoms with Crippen LogP contribution in [-0.4, -0.2) is 60.6 Å². The fourth-order valence-corrected chi connectivity index (χ4v) is 3.92. The molecule has 2 saturated heterocycles. The van der Waals surface area contributed by atoms with Crippen LogP contribution in [0.3, 0.4) is 0 Å². The van der Waals surface area contributed by atoms with E-state index in [1.54, 1.807) is 6.92 Å². The third-order valence-electron chi connectivity index (χ3n) is 4.23. The van der Waals surface area contributed by atoms with E-state index in [0.717, 1.165) is 51.2 Å². The first-order valence-corrected chi connectivity index (χ1v) is 8.94. The van der Waals surface area contributed by atoms with Crippen molar-refractivity contribution >= 4 is 23.6 Å². The lowest BCUT2D eigenvalue weighted by Gasteiger charge is -2.30. The van der Waals surface area contributed by atoms with Gasteiger partial charge in [0.25, 0.3) is 0 Å². The third kappa shape index (κ3) is 5.51. The van der Waals surface area contributed by atoms with Crippen LogP contribution in [0.5, 0.6) is 0 Å². The second-order valence-electron chi connectivity index (χ2n) is 5.75. The van der Waals surface area contributed by atoms with Crippen molar-refractivity contribution in [2.75, 3.05) is 38.6 Å². The predicted molar refractivity (Wildman–Crippen MR) is 84.3 cm³/mol. The van der Waals surface area contributed by atoms with Crippen LogP contribution in [-0.2, 0) is 14.3 Å². The van der Waals surface area contributed by atoms with Gasteiger partial charge < -0.3 is 15.0 Å². The van der Waals surface area contributed by atoms with Crippen molar-refractivity contribution in [3.05, 3.63) is 0 Å². The first-order valence-electron chi connectivity index (χ1n) is 7.89. The molecule has 0 radical (unpaired) electrons. The fraction of sp³-hybridized carbons (Fsp3) is 0.867. The lowest BCUT2D eigenvalue weighted by Crippen LogP contribution is -2.42. The molecule has 0 atom stereocenters. The number of likely N-dealkylation sites (tertiary alicyclic amines) is 1. The Morgan fingerprint density at radius 1 is 1.19 bits per heavy atom. The summed E-state index contributed by atoms with van der Waals surface area (Å²) in [6, 6.07) is 0. The summed E-state index contributed by atoms with van der Waals surface area (Å²) in [5, 5.41) is 3.73. The third-order valence-corrected chi connectivity index (χ3v) is 5.62. The topological polar surface area (TPSA) is 58.6 Å².